The van der Waals surface area contributed by atoms with E-state index in [-0.39, 0.29) is 0 Å². The number of hydrogen-bond donors (Lipinski definition) is 1. The quantitative estimate of drug-likeness (QED) is 0.350. The van der Waals surface area contributed by atoms with Gasteiger partial charge in [0.05, 0.1) is 0 Å². The largest absolute Gasteiger partial charge is 0.431 e. The summed E-state index contributed by atoms with van der Waals surface area (Å²) in [7, 11) is 0. The van der Waals surface area contributed by atoms with Gasteiger partial charge in [-0.05, 0) is 12.8 Å². The third-order valence-electron chi connectivity index (χ3n) is 4.22. The van der Waals surface area contributed by atoms with Gasteiger partial charge in [0.1, 0.15) is 5.69 Å². The second kappa shape index (κ2) is 10.2. The highest BCUT2D eigenvalue weighted by Gasteiger charge is 2.16. The molecule has 0 bridgehead atoms. The minimum atomic E-state index is 0.301. The number of aromatic nitrogens is 1. The van der Waals surface area contributed by atoms with E-state index in [1.165, 1.54) is 12.8 Å². The van der Waals surface area contributed by atoms with Crippen molar-refractivity contribution in [1.82, 2.24) is 4.98 Å². The third kappa shape index (κ3) is 5.23. The highest BCUT2D eigenvalue weighted by Crippen LogP contribution is 2.35. The number of unbranched alkanes of at least 4 members (excludes halogenated alkanes) is 4. The van der Waals surface area contributed by atoms with Crippen LogP contribution < -0.4 is 0 Å². The average molecular weight is 368 g/mol. The average Bonchev–Trinajstić information content (AvgIpc) is 3.13. The standard InChI is InChI=1S/C22H25NO2S/c24-16-10-2-1-3-11-17-26-22-23-20(18-12-6-4-7-13-18)21(25-22)19-14-8-5-9-15-19/h4-9,12-15,24H,1-3,10-11,16-17H2. The summed E-state index contributed by atoms with van der Waals surface area (Å²) in [5, 5.41) is 9.54. The molecule has 136 valence electrons. The molecule has 0 aliphatic rings. The van der Waals surface area contributed by atoms with Crippen molar-refractivity contribution in [3.8, 4) is 22.6 Å². The van der Waals surface area contributed by atoms with Gasteiger partial charge in [-0.1, -0.05) is 91.7 Å². The van der Waals surface area contributed by atoms with E-state index in [0.29, 0.717) is 6.61 Å². The molecule has 0 fully saturated rings. The second-order valence-electron chi connectivity index (χ2n) is 6.23. The number of hydrogen-bond acceptors (Lipinski definition) is 4. The summed E-state index contributed by atoms with van der Waals surface area (Å²) in [6.07, 6.45) is 5.52. The Bertz CT molecular complexity index is 714. The van der Waals surface area contributed by atoms with E-state index >= 15 is 0 Å². The zero-order valence-electron chi connectivity index (χ0n) is 14.9. The predicted molar refractivity (Wildman–Crippen MR) is 108 cm³/mol. The Morgan fingerprint density at radius 3 is 2.08 bits per heavy atom. The van der Waals surface area contributed by atoms with Crippen LogP contribution in [-0.2, 0) is 0 Å². The third-order valence-corrected chi connectivity index (χ3v) is 5.13. The smallest absolute Gasteiger partial charge is 0.256 e. The molecule has 0 amide bonds. The van der Waals surface area contributed by atoms with Gasteiger partial charge >= 0.3 is 0 Å². The van der Waals surface area contributed by atoms with Gasteiger partial charge in [0.25, 0.3) is 5.22 Å². The predicted octanol–water partition coefficient (Wildman–Crippen LogP) is 6.04. The van der Waals surface area contributed by atoms with Crippen LogP contribution in [0.4, 0.5) is 0 Å². The number of benzene rings is 2. The number of nitrogens with zero attached hydrogens (tertiary/aromatic N) is 1. The van der Waals surface area contributed by atoms with Crippen LogP contribution in [0, 0.1) is 0 Å². The van der Waals surface area contributed by atoms with Crippen LogP contribution in [0.3, 0.4) is 0 Å². The molecule has 1 heterocycles. The number of aliphatic hydroxyl groups excluding tert-OH is 1. The van der Waals surface area contributed by atoms with Gasteiger partial charge in [0.2, 0.25) is 0 Å². The van der Waals surface area contributed by atoms with Crippen molar-refractivity contribution in [3.05, 3.63) is 60.7 Å². The fourth-order valence-corrected chi connectivity index (χ4v) is 3.66. The Kier molecular flexibility index (Phi) is 7.35. The molecule has 3 aromatic rings. The normalized spacial score (nSPS) is 11.0. The summed E-state index contributed by atoms with van der Waals surface area (Å²) in [5.74, 6) is 1.84. The van der Waals surface area contributed by atoms with Gasteiger partial charge in [0.15, 0.2) is 5.76 Å². The molecule has 0 atom stereocenters. The van der Waals surface area contributed by atoms with Crippen molar-refractivity contribution in [2.75, 3.05) is 12.4 Å². The Balaban J connectivity index is 1.69. The van der Waals surface area contributed by atoms with E-state index in [9.17, 15) is 0 Å². The summed E-state index contributed by atoms with van der Waals surface area (Å²) >= 11 is 1.68. The van der Waals surface area contributed by atoms with Crippen molar-refractivity contribution < 1.29 is 9.52 Å². The SMILES string of the molecule is OCCCCCCCSc1nc(-c2ccccc2)c(-c2ccccc2)o1. The molecule has 0 saturated carbocycles. The zero-order valence-corrected chi connectivity index (χ0v) is 15.8. The van der Waals surface area contributed by atoms with Crippen molar-refractivity contribution in [1.29, 1.82) is 0 Å². The monoisotopic (exact) mass is 367 g/mol. The van der Waals surface area contributed by atoms with E-state index in [2.05, 4.69) is 24.3 Å². The minimum Gasteiger partial charge on any atom is -0.431 e. The Morgan fingerprint density at radius 1 is 0.769 bits per heavy atom. The molecule has 0 aliphatic carbocycles. The molecule has 3 rings (SSSR count). The maximum absolute atomic E-state index is 8.81. The summed E-state index contributed by atoms with van der Waals surface area (Å²) in [6.45, 7) is 0.301. The van der Waals surface area contributed by atoms with Crippen LogP contribution in [0.15, 0.2) is 70.3 Å². The first-order valence-corrected chi connectivity index (χ1v) is 10.2. The summed E-state index contributed by atoms with van der Waals surface area (Å²) in [6, 6.07) is 20.4. The minimum absolute atomic E-state index is 0.301. The molecule has 4 heteroatoms. The van der Waals surface area contributed by atoms with Crippen LogP contribution in [0.1, 0.15) is 32.1 Å². The molecule has 2 aromatic carbocycles. The van der Waals surface area contributed by atoms with Gasteiger partial charge in [-0.3, -0.25) is 0 Å². The fourth-order valence-electron chi connectivity index (χ4n) is 2.84. The maximum Gasteiger partial charge on any atom is 0.256 e. The molecular formula is C22H25NO2S. The van der Waals surface area contributed by atoms with Gasteiger partial charge < -0.3 is 9.52 Å². The molecule has 0 spiro atoms. The lowest BCUT2D eigenvalue weighted by atomic mass is 10.1. The molecular weight excluding hydrogens is 342 g/mol. The Labute approximate surface area is 159 Å². The van der Waals surface area contributed by atoms with Crippen LogP contribution in [0.5, 0.6) is 0 Å². The van der Waals surface area contributed by atoms with Gasteiger partial charge in [0, 0.05) is 23.5 Å². The van der Waals surface area contributed by atoms with Crippen LogP contribution in [0.2, 0.25) is 0 Å². The van der Waals surface area contributed by atoms with E-state index in [1.807, 2.05) is 36.4 Å². The first-order valence-electron chi connectivity index (χ1n) is 9.24. The van der Waals surface area contributed by atoms with Crippen LogP contribution >= 0.6 is 11.8 Å². The molecule has 26 heavy (non-hydrogen) atoms. The summed E-state index contributed by atoms with van der Waals surface area (Å²) < 4.78 is 6.12. The molecule has 0 unspecified atom stereocenters. The Hall–Kier alpha value is -2.04. The molecule has 1 N–H and O–H groups in total. The maximum atomic E-state index is 8.81. The van der Waals surface area contributed by atoms with Crippen LogP contribution in [0.25, 0.3) is 22.6 Å². The van der Waals surface area contributed by atoms with Gasteiger partial charge in [-0.2, -0.15) is 0 Å². The number of rotatable bonds is 10. The first kappa shape index (κ1) is 18.7. The van der Waals surface area contributed by atoms with E-state index in [4.69, 9.17) is 14.5 Å². The highest BCUT2D eigenvalue weighted by atomic mass is 32.2. The summed E-state index contributed by atoms with van der Waals surface area (Å²) in [4.78, 5) is 4.77. The number of oxazole rings is 1. The molecule has 0 aliphatic heterocycles. The van der Waals surface area contributed by atoms with Crippen molar-refractivity contribution in [2.45, 2.75) is 37.3 Å². The number of thioether (sulfide) groups is 1. The number of aliphatic hydroxyl groups is 1. The lowest BCUT2D eigenvalue weighted by Crippen LogP contribution is -1.85. The molecule has 3 nitrogen and oxygen atoms in total. The lowest BCUT2D eigenvalue weighted by molar-refractivity contribution is 0.282. The van der Waals surface area contributed by atoms with Crippen molar-refractivity contribution >= 4 is 11.8 Å². The van der Waals surface area contributed by atoms with E-state index in [0.717, 1.165) is 52.8 Å². The van der Waals surface area contributed by atoms with E-state index < -0.39 is 0 Å². The first-order chi connectivity index (χ1) is 12.9. The zero-order chi connectivity index (χ0) is 18.0. The molecule has 1 aromatic heterocycles. The van der Waals surface area contributed by atoms with E-state index in [1.54, 1.807) is 11.8 Å². The van der Waals surface area contributed by atoms with Crippen molar-refractivity contribution in [3.63, 3.8) is 0 Å². The topological polar surface area (TPSA) is 46.3 Å². The van der Waals surface area contributed by atoms with Gasteiger partial charge in [-0.15, -0.1) is 0 Å². The highest BCUT2D eigenvalue weighted by molar-refractivity contribution is 7.99. The van der Waals surface area contributed by atoms with Crippen LogP contribution in [-0.4, -0.2) is 22.5 Å². The Morgan fingerprint density at radius 2 is 1.38 bits per heavy atom. The lowest BCUT2D eigenvalue weighted by Gasteiger charge is -2.00. The van der Waals surface area contributed by atoms with Crippen molar-refractivity contribution in [2.24, 2.45) is 0 Å². The molecule has 0 saturated heterocycles. The summed E-state index contributed by atoms with van der Waals surface area (Å²) in [5.41, 5.74) is 3.03. The second-order valence-corrected chi connectivity index (χ2v) is 7.28. The van der Waals surface area contributed by atoms with Gasteiger partial charge in [-0.25, -0.2) is 4.98 Å². The molecule has 0 radical (unpaired) electrons. The fraction of sp³-hybridized carbons (Fsp3) is 0.318.